The maximum atomic E-state index is 13.0. The average molecular weight is 221 g/mol. The van der Waals surface area contributed by atoms with Crippen LogP contribution in [-0.2, 0) is 0 Å². The molecule has 1 aliphatic rings. The lowest BCUT2D eigenvalue weighted by molar-refractivity contribution is 0.0895. The third kappa shape index (κ3) is 2.22. The van der Waals surface area contributed by atoms with Crippen LogP contribution in [0.1, 0.15) is 23.2 Å². The fraction of sp³-hybridized carbons (Fsp3) is 0.417. The summed E-state index contributed by atoms with van der Waals surface area (Å²) in [6.07, 6.45) is 1.49. The molecule has 1 aromatic rings. The Bertz CT molecular complexity index is 400. The number of ketones is 1. The van der Waals surface area contributed by atoms with Gasteiger partial charge in [0.2, 0.25) is 0 Å². The maximum Gasteiger partial charge on any atom is 0.168 e. The lowest BCUT2D eigenvalue weighted by atomic mass is 9.89. The minimum Gasteiger partial charge on any atom is -0.398 e. The van der Waals surface area contributed by atoms with E-state index in [1.807, 2.05) is 0 Å². The van der Waals surface area contributed by atoms with Gasteiger partial charge in [0, 0.05) is 30.3 Å². The first-order chi connectivity index (χ1) is 7.68. The Morgan fingerprint density at radius 3 is 2.75 bits per heavy atom. The largest absolute Gasteiger partial charge is 0.398 e. The fourth-order valence-electron chi connectivity index (χ4n) is 1.97. The van der Waals surface area contributed by atoms with E-state index in [2.05, 4.69) is 5.32 Å². The van der Waals surface area contributed by atoms with Crippen LogP contribution in [0.4, 0.5) is 10.1 Å². The molecule has 0 unspecified atom stereocenters. The summed E-state index contributed by atoms with van der Waals surface area (Å²) < 4.78 is 13.0. The molecule has 0 amide bonds. The second kappa shape index (κ2) is 4.61. The Labute approximate surface area is 93.8 Å². The van der Waals surface area contributed by atoms with E-state index in [1.54, 1.807) is 0 Å². The van der Waals surface area contributed by atoms with E-state index in [0.29, 0.717) is 24.3 Å². The topological polar surface area (TPSA) is 57.2 Å². The van der Waals surface area contributed by atoms with Gasteiger partial charge in [-0.05, 0) is 31.0 Å². The standard InChI is InChI=1S/C12H14FN2O/c13-9-1-2-11(14)10(7-9)12(16)8-3-5-15-6-4-8/h1-2,7-8H,3-6,14H2. The van der Waals surface area contributed by atoms with Crippen molar-refractivity contribution in [3.63, 3.8) is 0 Å². The van der Waals surface area contributed by atoms with E-state index < -0.39 is 5.82 Å². The average Bonchev–Trinajstić information content (AvgIpc) is 2.32. The van der Waals surface area contributed by atoms with Crippen molar-refractivity contribution >= 4 is 11.5 Å². The van der Waals surface area contributed by atoms with Gasteiger partial charge >= 0.3 is 0 Å². The Hall–Kier alpha value is -1.42. The fourth-order valence-corrected chi connectivity index (χ4v) is 1.97. The number of nitrogens with zero attached hydrogens (tertiary/aromatic N) is 1. The first-order valence-corrected chi connectivity index (χ1v) is 5.41. The summed E-state index contributed by atoms with van der Waals surface area (Å²) in [6.45, 7) is 1.43. The molecule has 0 saturated carbocycles. The molecule has 0 bridgehead atoms. The summed E-state index contributed by atoms with van der Waals surface area (Å²) in [7, 11) is 0. The van der Waals surface area contributed by atoms with E-state index in [-0.39, 0.29) is 11.7 Å². The van der Waals surface area contributed by atoms with E-state index in [1.165, 1.54) is 18.2 Å². The third-order valence-corrected chi connectivity index (χ3v) is 2.92. The molecule has 1 saturated heterocycles. The summed E-state index contributed by atoms with van der Waals surface area (Å²) in [6, 6.07) is 3.93. The van der Waals surface area contributed by atoms with Crippen LogP contribution in [0.15, 0.2) is 18.2 Å². The van der Waals surface area contributed by atoms with Gasteiger partial charge < -0.3 is 5.73 Å². The molecule has 4 heteroatoms. The molecule has 1 radical (unpaired) electrons. The lowest BCUT2D eigenvalue weighted by Crippen LogP contribution is -2.28. The lowest BCUT2D eigenvalue weighted by Gasteiger charge is -2.20. The Balaban J connectivity index is 2.22. The number of carbonyl (C=O) groups is 1. The van der Waals surface area contributed by atoms with Crippen molar-refractivity contribution in [2.75, 3.05) is 18.8 Å². The Kier molecular flexibility index (Phi) is 3.19. The van der Waals surface area contributed by atoms with E-state index in [4.69, 9.17) is 5.73 Å². The van der Waals surface area contributed by atoms with Crippen molar-refractivity contribution in [2.45, 2.75) is 12.8 Å². The van der Waals surface area contributed by atoms with Crippen LogP contribution in [0.25, 0.3) is 0 Å². The zero-order chi connectivity index (χ0) is 11.5. The highest BCUT2D eigenvalue weighted by Crippen LogP contribution is 2.23. The van der Waals surface area contributed by atoms with Crippen molar-refractivity contribution in [1.82, 2.24) is 5.32 Å². The van der Waals surface area contributed by atoms with E-state index in [9.17, 15) is 9.18 Å². The highest BCUT2D eigenvalue weighted by atomic mass is 19.1. The molecule has 16 heavy (non-hydrogen) atoms. The molecule has 1 aliphatic heterocycles. The Morgan fingerprint density at radius 2 is 2.06 bits per heavy atom. The van der Waals surface area contributed by atoms with Gasteiger partial charge in [-0.25, -0.2) is 9.71 Å². The monoisotopic (exact) mass is 221 g/mol. The van der Waals surface area contributed by atoms with Crippen molar-refractivity contribution in [1.29, 1.82) is 0 Å². The maximum absolute atomic E-state index is 13.0. The highest BCUT2D eigenvalue weighted by Gasteiger charge is 2.24. The zero-order valence-electron chi connectivity index (χ0n) is 8.95. The molecule has 85 valence electrons. The van der Waals surface area contributed by atoms with Crippen LogP contribution >= 0.6 is 0 Å². The molecule has 2 N–H and O–H groups in total. The van der Waals surface area contributed by atoms with Gasteiger partial charge in [0.05, 0.1) is 0 Å². The number of carbonyl (C=O) groups excluding carboxylic acids is 1. The zero-order valence-corrected chi connectivity index (χ0v) is 8.95. The van der Waals surface area contributed by atoms with Crippen molar-refractivity contribution in [3.05, 3.63) is 29.6 Å². The van der Waals surface area contributed by atoms with Crippen LogP contribution in [0.5, 0.6) is 0 Å². The molecular formula is C12H14FN2O. The van der Waals surface area contributed by atoms with Crippen molar-refractivity contribution in [3.8, 4) is 0 Å². The number of piperidine rings is 1. The van der Waals surface area contributed by atoms with Crippen LogP contribution < -0.4 is 11.1 Å². The molecule has 3 nitrogen and oxygen atoms in total. The second-order valence-corrected chi connectivity index (χ2v) is 4.04. The molecule has 1 heterocycles. The molecular weight excluding hydrogens is 207 g/mol. The number of nitrogens with two attached hydrogens (primary N) is 1. The quantitative estimate of drug-likeness (QED) is 0.609. The number of anilines is 1. The molecule has 1 aromatic carbocycles. The van der Waals surface area contributed by atoms with Crippen LogP contribution in [-0.4, -0.2) is 18.9 Å². The molecule has 0 aromatic heterocycles. The summed E-state index contributed by atoms with van der Waals surface area (Å²) in [5.74, 6) is -0.522. The molecule has 0 aliphatic carbocycles. The summed E-state index contributed by atoms with van der Waals surface area (Å²) in [5, 5.41) is 4.19. The van der Waals surface area contributed by atoms with Gasteiger partial charge in [0.25, 0.3) is 0 Å². The van der Waals surface area contributed by atoms with Gasteiger partial charge in [-0.2, -0.15) is 0 Å². The minimum atomic E-state index is -0.418. The summed E-state index contributed by atoms with van der Waals surface area (Å²) >= 11 is 0. The second-order valence-electron chi connectivity index (χ2n) is 4.04. The minimum absolute atomic E-state index is 0.0492. The molecule has 0 atom stereocenters. The first-order valence-electron chi connectivity index (χ1n) is 5.41. The predicted molar refractivity (Wildman–Crippen MR) is 59.7 cm³/mol. The number of hydrogen-bond acceptors (Lipinski definition) is 2. The van der Waals surface area contributed by atoms with Crippen LogP contribution in [0.3, 0.4) is 0 Å². The summed E-state index contributed by atoms with van der Waals surface area (Å²) in [4.78, 5) is 12.1. The smallest absolute Gasteiger partial charge is 0.168 e. The number of benzene rings is 1. The number of halogens is 1. The molecule has 0 spiro atoms. The third-order valence-electron chi connectivity index (χ3n) is 2.92. The highest BCUT2D eigenvalue weighted by molar-refractivity contribution is 6.02. The van der Waals surface area contributed by atoms with E-state index >= 15 is 0 Å². The SMILES string of the molecule is Nc1ccc(F)cc1C(=O)C1CC[N]CC1. The number of Topliss-reactive ketones (excluding diaryl/α,β-unsaturated/α-hetero) is 1. The normalized spacial score (nSPS) is 17.3. The number of nitrogen functional groups attached to an aromatic ring is 1. The van der Waals surface area contributed by atoms with Crippen LogP contribution in [0, 0.1) is 11.7 Å². The van der Waals surface area contributed by atoms with Gasteiger partial charge in [0.15, 0.2) is 5.78 Å². The van der Waals surface area contributed by atoms with Gasteiger partial charge in [0.1, 0.15) is 5.82 Å². The van der Waals surface area contributed by atoms with E-state index in [0.717, 1.165) is 12.8 Å². The molecule has 2 rings (SSSR count). The number of rotatable bonds is 2. The van der Waals surface area contributed by atoms with Gasteiger partial charge in [-0.3, -0.25) is 4.79 Å². The Morgan fingerprint density at radius 1 is 1.38 bits per heavy atom. The van der Waals surface area contributed by atoms with Gasteiger partial charge in [-0.15, -0.1) is 0 Å². The predicted octanol–water partition coefficient (Wildman–Crippen LogP) is 1.60. The van der Waals surface area contributed by atoms with Crippen molar-refractivity contribution in [2.24, 2.45) is 5.92 Å². The number of hydrogen-bond donors (Lipinski definition) is 1. The summed E-state index contributed by atoms with van der Waals surface area (Å²) in [5.41, 5.74) is 6.35. The van der Waals surface area contributed by atoms with Gasteiger partial charge in [-0.1, -0.05) is 0 Å². The first kappa shape index (κ1) is 11.1. The van der Waals surface area contributed by atoms with Crippen molar-refractivity contribution < 1.29 is 9.18 Å². The molecule has 1 fully saturated rings. The van der Waals surface area contributed by atoms with Crippen LogP contribution in [0.2, 0.25) is 0 Å².